The van der Waals surface area contributed by atoms with E-state index in [9.17, 15) is 9.59 Å². The van der Waals surface area contributed by atoms with Crippen molar-refractivity contribution in [3.63, 3.8) is 0 Å². The van der Waals surface area contributed by atoms with Gasteiger partial charge >= 0.3 is 0 Å². The molecule has 0 spiro atoms. The van der Waals surface area contributed by atoms with Crippen molar-refractivity contribution in [2.75, 3.05) is 50.8 Å². The quantitative estimate of drug-likeness (QED) is 0.803. The van der Waals surface area contributed by atoms with E-state index in [0.29, 0.717) is 19.6 Å². The highest BCUT2D eigenvalue weighted by Crippen LogP contribution is 2.18. The number of hydrogen-bond donors (Lipinski definition) is 0. The molecule has 0 aromatic heterocycles. The number of nitrogens with zero attached hydrogens (tertiary/aromatic N) is 3. The molecule has 26 heavy (non-hydrogen) atoms. The third-order valence-electron chi connectivity index (χ3n) is 5.22. The van der Waals surface area contributed by atoms with E-state index >= 15 is 0 Å². The number of rotatable bonds is 5. The molecule has 1 aromatic rings. The summed E-state index contributed by atoms with van der Waals surface area (Å²) >= 11 is 0. The van der Waals surface area contributed by atoms with Gasteiger partial charge in [0.25, 0.3) is 0 Å². The molecule has 2 saturated heterocycles. The van der Waals surface area contributed by atoms with E-state index in [1.54, 1.807) is 4.90 Å². The lowest BCUT2D eigenvalue weighted by atomic mass is 10.2. The molecule has 2 aliphatic rings. The number of benzene rings is 1. The van der Waals surface area contributed by atoms with Gasteiger partial charge in [-0.05, 0) is 37.5 Å². The van der Waals surface area contributed by atoms with E-state index in [1.807, 2.05) is 4.90 Å². The first-order valence-electron chi connectivity index (χ1n) is 9.49. The normalized spacial score (nSPS) is 20.3. The average Bonchev–Trinajstić information content (AvgIpc) is 3.14. The Morgan fingerprint density at radius 1 is 1.23 bits per heavy atom. The monoisotopic (exact) mass is 359 g/mol. The zero-order chi connectivity index (χ0) is 18.5. The number of piperazine rings is 1. The molecule has 0 bridgehead atoms. The van der Waals surface area contributed by atoms with Crippen molar-refractivity contribution in [1.29, 1.82) is 0 Å². The maximum atomic E-state index is 12.7. The highest BCUT2D eigenvalue weighted by atomic mass is 16.5. The summed E-state index contributed by atoms with van der Waals surface area (Å²) < 4.78 is 5.61. The van der Waals surface area contributed by atoms with Crippen LogP contribution in [-0.4, -0.2) is 73.6 Å². The Labute approximate surface area is 155 Å². The fraction of sp³-hybridized carbons (Fsp3) is 0.600. The summed E-state index contributed by atoms with van der Waals surface area (Å²) in [6.45, 7) is 8.07. The molecule has 3 rings (SSSR count). The van der Waals surface area contributed by atoms with Gasteiger partial charge in [0.1, 0.15) is 0 Å². The third kappa shape index (κ3) is 4.75. The highest BCUT2D eigenvalue weighted by molar-refractivity contribution is 5.84. The molecule has 0 N–H and O–H groups in total. The average molecular weight is 359 g/mol. The van der Waals surface area contributed by atoms with E-state index in [2.05, 4.69) is 36.1 Å². The van der Waals surface area contributed by atoms with Crippen LogP contribution in [0, 0.1) is 6.92 Å². The van der Waals surface area contributed by atoms with Gasteiger partial charge in [-0.25, -0.2) is 0 Å². The second-order valence-electron chi connectivity index (χ2n) is 7.24. The Kier molecular flexibility index (Phi) is 6.14. The minimum atomic E-state index is -0.0627. The van der Waals surface area contributed by atoms with E-state index in [-0.39, 0.29) is 24.5 Å². The number of amides is 2. The van der Waals surface area contributed by atoms with Crippen molar-refractivity contribution >= 4 is 17.5 Å². The zero-order valence-electron chi connectivity index (χ0n) is 15.8. The highest BCUT2D eigenvalue weighted by Gasteiger charge is 2.26. The number of carbonyl (C=O) groups is 2. The van der Waals surface area contributed by atoms with Crippen molar-refractivity contribution in [3.8, 4) is 0 Å². The summed E-state index contributed by atoms with van der Waals surface area (Å²) in [6.07, 6.45) is 2.07. The molecule has 0 aliphatic carbocycles. The number of carbonyl (C=O) groups excluding carboxylic acids is 2. The maximum absolute atomic E-state index is 12.7. The Morgan fingerprint density at radius 3 is 2.62 bits per heavy atom. The van der Waals surface area contributed by atoms with E-state index in [1.165, 1.54) is 18.2 Å². The standard InChI is InChI=1S/C20H29N3O3/c1-16-5-3-6-18(13-16)21-8-10-22(11-9-21)20(25)15-23(17(2)24)14-19-7-4-12-26-19/h3,5-6,13,19H,4,7-12,14-15H2,1-2H3. The van der Waals surface area contributed by atoms with Gasteiger partial charge in [-0.15, -0.1) is 0 Å². The van der Waals surface area contributed by atoms with E-state index in [0.717, 1.165) is 32.5 Å². The number of hydrogen-bond acceptors (Lipinski definition) is 4. The van der Waals surface area contributed by atoms with Gasteiger partial charge in [-0.3, -0.25) is 9.59 Å². The van der Waals surface area contributed by atoms with Crippen molar-refractivity contribution < 1.29 is 14.3 Å². The predicted molar refractivity (Wildman–Crippen MR) is 101 cm³/mol. The van der Waals surface area contributed by atoms with Crippen LogP contribution in [0.2, 0.25) is 0 Å². The minimum absolute atomic E-state index is 0.0297. The molecule has 2 aliphatic heterocycles. The molecule has 0 radical (unpaired) electrons. The minimum Gasteiger partial charge on any atom is -0.376 e. The predicted octanol–water partition coefficient (Wildman–Crippen LogP) is 1.67. The van der Waals surface area contributed by atoms with Gasteiger partial charge in [-0.1, -0.05) is 12.1 Å². The lowest BCUT2D eigenvalue weighted by molar-refractivity contribution is -0.140. The van der Waals surface area contributed by atoms with Gasteiger partial charge < -0.3 is 19.4 Å². The summed E-state index contributed by atoms with van der Waals surface area (Å²) in [6, 6.07) is 8.45. The largest absolute Gasteiger partial charge is 0.376 e. The van der Waals surface area contributed by atoms with Crippen LogP contribution in [0.3, 0.4) is 0 Å². The van der Waals surface area contributed by atoms with Crippen LogP contribution in [0.25, 0.3) is 0 Å². The molecule has 1 aromatic carbocycles. The van der Waals surface area contributed by atoms with Crippen LogP contribution in [0.1, 0.15) is 25.3 Å². The smallest absolute Gasteiger partial charge is 0.242 e. The van der Waals surface area contributed by atoms with Gasteiger partial charge in [0.15, 0.2) is 0 Å². The molecular weight excluding hydrogens is 330 g/mol. The van der Waals surface area contributed by atoms with Crippen molar-refractivity contribution in [2.24, 2.45) is 0 Å². The number of aryl methyl sites for hydroxylation is 1. The van der Waals surface area contributed by atoms with Gasteiger partial charge in [-0.2, -0.15) is 0 Å². The summed E-state index contributed by atoms with van der Waals surface area (Å²) in [4.78, 5) is 30.4. The second-order valence-corrected chi connectivity index (χ2v) is 7.24. The van der Waals surface area contributed by atoms with Crippen LogP contribution in [0.4, 0.5) is 5.69 Å². The molecule has 0 saturated carbocycles. The third-order valence-corrected chi connectivity index (χ3v) is 5.22. The van der Waals surface area contributed by atoms with Crippen LogP contribution >= 0.6 is 0 Å². The Morgan fingerprint density at radius 2 is 2.00 bits per heavy atom. The van der Waals surface area contributed by atoms with E-state index in [4.69, 9.17) is 4.74 Å². The van der Waals surface area contributed by atoms with Crippen molar-refractivity contribution in [2.45, 2.75) is 32.8 Å². The summed E-state index contributed by atoms with van der Waals surface area (Å²) in [7, 11) is 0. The Balaban J connectivity index is 1.51. The summed E-state index contributed by atoms with van der Waals surface area (Å²) in [5.41, 5.74) is 2.45. The first-order chi connectivity index (χ1) is 12.5. The van der Waals surface area contributed by atoms with E-state index < -0.39 is 0 Å². The number of ether oxygens (including phenoxy) is 1. The summed E-state index contributed by atoms with van der Waals surface area (Å²) in [5, 5.41) is 0. The Bertz CT molecular complexity index is 635. The van der Waals surface area contributed by atoms with Gasteiger partial charge in [0.2, 0.25) is 11.8 Å². The van der Waals surface area contributed by atoms with Crippen LogP contribution < -0.4 is 4.90 Å². The molecule has 2 amide bonds. The molecule has 2 heterocycles. The second kappa shape index (κ2) is 8.54. The SMILES string of the molecule is CC(=O)N(CC(=O)N1CCN(c2cccc(C)c2)CC1)CC1CCCO1. The molecular formula is C20H29N3O3. The zero-order valence-corrected chi connectivity index (χ0v) is 15.8. The maximum Gasteiger partial charge on any atom is 0.242 e. The van der Waals surface area contributed by atoms with Crippen LogP contribution in [0.15, 0.2) is 24.3 Å². The van der Waals surface area contributed by atoms with Crippen molar-refractivity contribution in [1.82, 2.24) is 9.80 Å². The molecule has 142 valence electrons. The lowest BCUT2D eigenvalue weighted by Gasteiger charge is -2.37. The topological polar surface area (TPSA) is 53.1 Å². The fourth-order valence-corrected chi connectivity index (χ4v) is 3.64. The first-order valence-corrected chi connectivity index (χ1v) is 9.49. The Hall–Kier alpha value is -2.08. The van der Waals surface area contributed by atoms with Crippen LogP contribution in [0.5, 0.6) is 0 Å². The van der Waals surface area contributed by atoms with Gasteiger partial charge in [0.05, 0.1) is 12.6 Å². The lowest BCUT2D eigenvalue weighted by Crippen LogP contribution is -2.52. The molecule has 2 fully saturated rings. The van der Waals surface area contributed by atoms with Gasteiger partial charge in [0, 0.05) is 51.9 Å². The summed E-state index contributed by atoms with van der Waals surface area (Å²) in [5.74, 6) is -0.0330. The molecule has 1 unspecified atom stereocenters. The molecule has 6 nitrogen and oxygen atoms in total. The molecule has 6 heteroatoms. The van der Waals surface area contributed by atoms with Crippen LogP contribution in [-0.2, 0) is 14.3 Å². The first kappa shape index (κ1) is 18.7. The van der Waals surface area contributed by atoms with Crippen molar-refractivity contribution in [3.05, 3.63) is 29.8 Å². The number of anilines is 1. The molecule has 1 atom stereocenters. The fourth-order valence-electron chi connectivity index (χ4n) is 3.64.